The summed E-state index contributed by atoms with van der Waals surface area (Å²) in [5.74, 6) is 3.08. The predicted molar refractivity (Wildman–Crippen MR) is 102 cm³/mol. The third kappa shape index (κ3) is 4.08. The highest BCUT2D eigenvalue weighted by Gasteiger charge is 2.29. The van der Waals surface area contributed by atoms with Gasteiger partial charge in [0.25, 0.3) is 0 Å². The molecule has 0 spiro atoms. The van der Waals surface area contributed by atoms with Gasteiger partial charge in [-0.2, -0.15) is 0 Å². The largest absolute Gasteiger partial charge is 0.443 e. The molecular formula is C19H30N6O. The first-order valence-electron chi connectivity index (χ1n) is 9.26. The molecule has 3 rings (SSSR count). The standard InChI is InChI=1S/C19H30N6O/c1-14-6-8-24(12-15(14)25-9-7-21-13-25)18(20-5)23-11-17-22-10-16(26-17)19(2,3)4/h7,9-10,13-15H,6,8,11-12H2,1-5H3,(H,20,23). The number of oxazole rings is 1. The first-order valence-corrected chi connectivity index (χ1v) is 9.26. The molecule has 0 bridgehead atoms. The lowest BCUT2D eigenvalue weighted by Crippen LogP contribution is -2.48. The topological polar surface area (TPSA) is 71.5 Å². The maximum Gasteiger partial charge on any atom is 0.213 e. The van der Waals surface area contributed by atoms with E-state index in [0.717, 1.165) is 31.2 Å². The van der Waals surface area contributed by atoms with Gasteiger partial charge in [-0.25, -0.2) is 9.97 Å². The summed E-state index contributed by atoms with van der Waals surface area (Å²) in [4.78, 5) is 15.3. The van der Waals surface area contributed by atoms with Crippen molar-refractivity contribution in [3.05, 3.63) is 36.6 Å². The molecule has 2 aromatic heterocycles. The molecule has 1 N–H and O–H groups in total. The summed E-state index contributed by atoms with van der Waals surface area (Å²) in [6, 6.07) is 0.402. The van der Waals surface area contributed by atoms with E-state index in [2.05, 4.69) is 57.4 Å². The van der Waals surface area contributed by atoms with Crippen LogP contribution in [0.5, 0.6) is 0 Å². The van der Waals surface area contributed by atoms with Crippen LogP contribution in [0.25, 0.3) is 0 Å². The molecule has 142 valence electrons. The van der Waals surface area contributed by atoms with Crippen LogP contribution in [0.4, 0.5) is 0 Å². The Morgan fingerprint density at radius 3 is 2.85 bits per heavy atom. The van der Waals surface area contributed by atoms with E-state index in [9.17, 15) is 0 Å². The molecule has 0 aromatic carbocycles. The minimum absolute atomic E-state index is 0.0338. The first kappa shape index (κ1) is 18.5. The van der Waals surface area contributed by atoms with Crippen molar-refractivity contribution < 1.29 is 4.42 Å². The Hall–Kier alpha value is -2.31. The van der Waals surface area contributed by atoms with Gasteiger partial charge in [0, 0.05) is 37.9 Å². The van der Waals surface area contributed by atoms with Crippen LogP contribution < -0.4 is 5.32 Å². The SMILES string of the molecule is CN=C(NCc1ncc(C(C)(C)C)o1)N1CCC(C)C(n2ccnc2)C1. The van der Waals surface area contributed by atoms with Crippen LogP contribution in [0, 0.1) is 5.92 Å². The third-order valence-electron chi connectivity index (χ3n) is 5.03. The van der Waals surface area contributed by atoms with Gasteiger partial charge in [-0.3, -0.25) is 4.99 Å². The van der Waals surface area contributed by atoms with E-state index in [1.165, 1.54) is 0 Å². The molecule has 7 heteroatoms. The summed E-state index contributed by atoms with van der Waals surface area (Å²) in [6.07, 6.45) is 8.73. The second kappa shape index (κ2) is 7.51. The van der Waals surface area contributed by atoms with E-state index in [4.69, 9.17) is 4.42 Å². The highest BCUT2D eigenvalue weighted by Crippen LogP contribution is 2.27. The normalized spacial score (nSPS) is 21.9. The van der Waals surface area contributed by atoms with Gasteiger partial charge in [-0.15, -0.1) is 0 Å². The number of likely N-dealkylation sites (tertiary alicyclic amines) is 1. The molecule has 26 heavy (non-hydrogen) atoms. The van der Waals surface area contributed by atoms with Gasteiger partial charge in [0.2, 0.25) is 5.89 Å². The van der Waals surface area contributed by atoms with Gasteiger partial charge >= 0.3 is 0 Å². The smallest absolute Gasteiger partial charge is 0.213 e. The number of hydrogen-bond acceptors (Lipinski definition) is 4. The molecule has 0 saturated carbocycles. The molecule has 0 amide bonds. The maximum absolute atomic E-state index is 5.87. The van der Waals surface area contributed by atoms with E-state index in [1.54, 1.807) is 0 Å². The van der Waals surface area contributed by atoms with Crippen molar-refractivity contribution in [3.8, 4) is 0 Å². The second-order valence-corrected chi connectivity index (χ2v) is 8.06. The third-order valence-corrected chi connectivity index (χ3v) is 5.03. The Balaban J connectivity index is 1.63. The van der Waals surface area contributed by atoms with Crippen molar-refractivity contribution in [2.45, 2.75) is 52.1 Å². The Bertz CT molecular complexity index is 728. The lowest BCUT2D eigenvalue weighted by molar-refractivity contribution is 0.188. The zero-order valence-electron chi connectivity index (χ0n) is 16.4. The van der Waals surface area contributed by atoms with E-state index < -0.39 is 0 Å². The minimum Gasteiger partial charge on any atom is -0.443 e. The number of aromatic nitrogens is 3. The summed E-state index contributed by atoms with van der Waals surface area (Å²) >= 11 is 0. The van der Waals surface area contributed by atoms with Crippen molar-refractivity contribution in [2.75, 3.05) is 20.1 Å². The lowest BCUT2D eigenvalue weighted by Gasteiger charge is -2.39. The van der Waals surface area contributed by atoms with E-state index in [-0.39, 0.29) is 5.41 Å². The molecule has 0 aliphatic carbocycles. The van der Waals surface area contributed by atoms with Crippen LogP contribution in [0.3, 0.4) is 0 Å². The molecule has 1 aliphatic rings. The van der Waals surface area contributed by atoms with E-state index in [0.29, 0.717) is 24.4 Å². The highest BCUT2D eigenvalue weighted by molar-refractivity contribution is 5.79. The quantitative estimate of drug-likeness (QED) is 0.675. The zero-order chi connectivity index (χ0) is 18.7. The summed E-state index contributed by atoms with van der Waals surface area (Å²) in [7, 11) is 1.82. The number of piperidine rings is 1. The fraction of sp³-hybridized carbons (Fsp3) is 0.632. The highest BCUT2D eigenvalue weighted by atomic mass is 16.4. The summed E-state index contributed by atoms with van der Waals surface area (Å²) in [5, 5.41) is 3.40. The van der Waals surface area contributed by atoms with Crippen LogP contribution in [0.1, 0.15) is 51.8 Å². The Kier molecular flexibility index (Phi) is 5.34. The van der Waals surface area contributed by atoms with E-state index in [1.807, 2.05) is 32.0 Å². The number of aliphatic imine (C=N–C) groups is 1. The average molecular weight is 358 g/mol. The van der Waals surface area contributed by atoms with Gasteiger partial charge < -0.3 is 19.2 Å². The molecule has 2 aromatic rings. The van der Waals surface area contributed by atoms with Gasteiger partial charge in [0.1, 0.15) is 5.76 Å². The molecule has 1 saturated heterocycles. The number of nitrogens with zero attached hydrogens (tertiary/aromatic N) is 5. The molecule has 7 nitrogen and oxygen atoms in total. The number of hydrogen-bond donors (Lipinski definition) is 1. The number of imidazole rings is 1. The number of nitrogens with one attached hydrogen (secondary N) is 1. The Morgan fingerprint density at radius 1 is 1.42 bits per heavy atom. The zero-order valence-corrected chi connectivity index (χ0v) is 16.4. The lowest BCUT2D eigenvalue weighted by atomic mass is 9.93. The number of guanidine groups is 1. The van der Waals surface area contributed by atoms with Crippen LogP contribution in [-0.2, 0) is 12.0 Å². The molecular weight excluding hydrogens is 328 g/mol. The van der Waals surface area contributed by atoms with Crippen molar-refractivity contribution in [1.29, 1.82) is 0 Å². The predicted octanol–water partition coefficient (Wildman–Crippen LogP) is 2.83. The van der Waals surface area contributed by atoms with E-state index >= 15 is 0 Å². The fourth-order valence-corrected chi connectivity index (χ4v) is 3.32. The van der Waals surface area contributed by atoms with Crippen LogP contribution in [0.2, 0.25) is 0 Å². The molecule has 0 radical (unpaired) electrons. The van der Waals surface area contributed by atoms with Crippen LogP contribution >= 0.6 is 0 Å². The second-order valence-electron chi connectivity index (χ2n) is 8.06. The average Bonchev–Trinajstić information content (AvgIpc) is 3.27. The van der Waals surface area contributed by atoms with Gasteiger partial charge in [0.05, 0.1) is 25.1 Å². The van der Waals surface area contributed by atoms with Crippen LogP contribution in [0.15, 0.2) is 34.3 Å². The molecule has 2 atom stereocenters. The number of rotatable bonds is 3. The van der Waals surface area contributed by atoms with Crippen LogP contribution in [-0.4, -0.2) is 45.5 Å². The summed E-state index contributed by atoms with van der Waals surface area (Å²) in [5.41, 5.74) is -0.0338. The van der Waals surface area contributed by atoms with Gasteiger partial charge in [0.15, 0.2) is 5.96 Å². The molecule has 2 unspecified atom stereocenters. The van der Waals surface area contributed by atoms with Crippen molar-refractivity contribution in [3.63, 3.8) is 0 Å². The van der Waals surface area contributed by atoms with Gasteiger partial charge in [-0.05, 0) is 12.3 Å². The Morgan fingerprint density at radius 2 is 2.23 bits per heavy atom. The summed E-state index contributed by atoms with van der Waals surface area (Å²) < 4.78 is 8.07. The van der Waals surface area contributed by atoms with Crippen molar-refractivity contribution in [2.24, 2.45) is 10.9 Å². The maximum atomic E-state index is 5.87. The molecule has 1 fully saturated rings. The van der Waals surface area contributed by atoms with Crippen molar-refractivity contribution in [1.82, 2.24) is 24.8 Å². The molecule has 1 aliphatic heterocycles. The van der Waals surface area contributed by atoms with Gasteiger partial charge in [-0.1, -0.05) is 27.7 Å². The molecule has 3 heterocycles. The first-order chi connectivity index (χ1) is 12.4. The summed E-state index contributed by atoms with van der Waals surface area (Å²) in [6.45, 7) is 11.1. The monoisotopic (exact) mass is 358 g/mol. The minimum atomic E-state index is -0.0338. The Labute approximate surface area is 155 Å². The fourth-order valence-electron chi connectivity index (χ4n) is 3.32. The van der Waals surface area contributed by atoms with Crippen molar-refractivity contribution >= 4 is 5.96 Å².